The van der Waals surface area contributed by atoms with Crippen LogP contribution >= 0.6 is 11.8 Å². The summed E-state index contributed by atoms with van der Waals surface area (Å²) in [7, 11) is 0. The van der Waals surface area contributed by atoms with Crippen molar-refractivity contribution >= 4 is 11.8 Å². The molecule has 0 aromatic carbocycles. The number of hydrogen-bond acceptors (Lipinski definition) is 6. The standard InChI is InChI=1S/C10H12N4OS/c1-6-3-8(4-11)5-12-9(6)16-10-14-13-7(2)15-10/h3,5H,4,11H2,1-2H3. The normalized spacial score (nSPS) is 10.7. The fourth-order valence-electron chi connectivity index (χ4n) is 1.24. The molecular formula is C10H12N4OS. The van der Waals surface area contributed by atoms with Crippen LogP contribution in [0.25, 0.3) is 0 Å². The van der Waals surface area contributed by atoms with Gasteiger partial charge in [0.05, 0.1) is 0 Å². The van der Waals surface area contributed by atoms with Crippen LogP contribution in [0.3, 0.4) is 0 Å². The van der Waals surface area contributed by atoms with Crippen molar-refractivity contribution in [3.8, 4) is 0 Å². The molecule has 0 amide bonds. The van der Waals surface area contributed by atoms with E-state index >= 15 is 0 Å². The zero-order chi connectivity index (χ0) is 11.5. The Labute approximate surface area is 97.5 Å². The topological polar surface area (TPSA) is 77.8 Å². The van der Waals surface area contributed by atoms with Gasteiger partial charge in [0, 0.05) is 19.7 Å². The van der Waals surface area contributed by atoms with Crippen molar-refractivity contribution in [2.75, 3.05) is 0 Å². The third kappa shape index (κ3) is 2.40. The average Bonchev–Trinajstić information content (AvgIpc) is 2.67. The first kappa shape index (κ1) is 11.1. The minimum Gasteiger partial charge on any atom is -0.416 e. The summed E-state index contributed by atoms with van der Waals surface area (Å²) >= 11 is 1.36. The molecule has 2 rings (SSSR count). The van der Waals surface area contributed by atoms with Crippen molar-refractivity contribution < 1.29 is 4.42 Å². The molecule has 0 fully saturated rings. The number of pyridine rings is 1. The van der Waals surface area contributed by atoms with Gasteiger partial charge in [0.25, 0.3) is 5.22 Å². The van der Waals surface area contributed by atoms with Crippen LogP contribution in [0, 0.1) is 13.8 Å². The van der Waals surface area contributed by atoms with Gasteiger partial charge < -0.3 is 10.2 Å². The Kier molecular flexibility index (Phi) is 3.21. The van der Waals surface area contributed by atoms with Gasteiger partial charge in [-0.2, -0.15) is 0 Å². The summed E-state index contributed by atoms with van der Waals surface area (Å²) in [4.78, 5) is 4.31. The van der Waals surface area contributed by atoms with E-state index in [4.69, 9.17) is 10.2 Å². The third-order valence-electron chi connectivity index (χ3n) is 2.01. The van der Waals surface area contributed by atoms with Gasteiger partial charge in [-0.05, 0) is 29.8 Å². The van der Waals surface area contributed by atoms with Gasteiger partial charge in [0.1, 0.15) is 5.03 Å². The van der Waals surface area contributed by atoms with E-state index in [1.165, 1.54) is 11.8 Å². The summed E-state index contributed by atoms with van der Waals surface area (Å²) in [6, 6.07) is 2.01. The molecule has 0 spiro atoms. The first-order chi connectivity index (χ1) is 7.69. The largest absolute Gasteiger partial charge is 0.416 e. The lowest BCUT2D eigenvalue weighted by Crippen LogP contribution is -1.98. The van der Waals surface area contributed by atoms with Gasteiger partial charge in [-0.25, -0.2) is 4.98 Å². The maximum atomic E-state index is 5.54. The van der Waals surface area contributed by atoms with Gasteiger partial charge in [0.15, 0.2) is 0 Å². The highest BCUT2D eigenvalue weighted by Crippen LogP contribution is 2.27. The van der Waals surface area contributed by atoms with Crippen LogP contribution in [0.4, 0.5) is 0 Å². The van der Waals surface area contributed by atoms with Crippen molar-refractivity contribution in [2.45, 2.75) is 30.6 Å². The Bertz CT molecular complexity index is 497. The van der Waals surface area contributed by atoms with Crippen LogP contribution < -0.4 is 5.73 Å². The van der Waals surface area contributed by atoms with Gasteiger partial charge >= 0.3 is 0 Å². The van der Waals surface area contributed by atoms with Gasteiger partial charge in [-0.1, -0.05) is 6.07 Å². The van der Waals surface area contributed by atoms with Crippen LogP contribution in [0.2, 0.25) is 0 Å². The smallest absolute Gasteiger partial charge is 0.282 e. The van der Waals surface area contributed by atoms with E-state index in [1.54, 1.807) is 13.1 Å². The van der Waals surface area contributed by atoms with E-state index in [-0.39, 0.29) is 0 Å². The Morgan fingerprint density at radius 1 is 1.38 bits per heavy atom. The van der Waals surface area contributed by atoms with Crippen molar-refractivity contribution in [3.63, 3.8) is 0 Å². The predicted molar refractivity (Wildman–Crippen MR) is 60.0 cm³/mol. The van der Waals surface area contributed by atoms with Gasteiger partial charge in [0.2, 0.25) is 5.89 Å². The second-order valence-electron chi connectivity index (χ2n) is 3.36. The monoisotopic (exact) mass is 236 g/mol. The van der Waals surface area contributed by atoms with Crippen molar-refractivity contribution in [3.05, 3.63) is 29.3 Å². The molecule has 0 unspecified atom stereocenters. The number of rotatable bonds is 3. The van der Waals surface area contributed by atoms with Crippen molar-refractivity contribution in [2.24, 2.45) is 5.73 Å². The van der Waals surface area contributed by atoms with E-state index in [0.29, 0.717) is 17.7 Å². The fourth-order valence-corrected chi connectivity index (χ4v) is 1.98. The second-order valence-corrected chi connectivity index (χ2v) is 4.30. The summed E-state index contributed by atoms with van der Waals surface area (Å²) in [6.45, 7) is 4.24. The highest BCUT2D eigenvalue weighted by atomic mass is 32.2. The molecule has 0 aliphatic carbocycles. The summed E-state index contributed by atoms with van der Waals surface area (Å²) in [6.07, 6.45) is 1.76. The van der Waals surface area contributed by atoms with Gasteiger partial charge in [-0.15, -0.1) is 10.2 Å². The number of aryl methyl sites for hydroxylation is 2. The Hall–Kier alpha value is -1.40. The fraction of sp³-hybridized carbons (Fsp3) is 0.300. The summed E-state index contributed by atoms with van der Waals surface area (Å²) in [5, 5.41) is 9.04. The van der Waals surface area contributed by atoms with Crippen LogP contribution in [-0.2, 0) is 6.54 Å². The molecule has 6 heteroatoms. The Morgan fingerprint density at radius 2 is 2.19 bits per heavy atom. The Balaban J connectivity index is 2.21. The third-order valence-corrected chi connectivity index (χ3v) is 2.97. The SMILES string of the molecule is Cc1nnc(Sc2ncc(CN)cc2C)o1. The molecule has 0 bridgehead atoms. The van der Waals surface area contributed by atoms with E-state index < -0.39 is 0 Å². The molecule has 2 heterocycles. The predicted octanol–water partition coefficient (Wildman–Crippen LogP) is 1.69. The van der Waals surface area contributed by atoms with E-state index in [2.05, 4.69) is 15.2 Å². The molecule has 0 saturated carbocycles. The van der Waals surface area contributed by atoms with Crippen LogP contribution in [-0.4, -0.2) is 15.2 Å². The Morgan fingerprint density at radius 3 is 2.75 bits per heavy atom. The molecule has 2 aromatic rings. The molecule has 16 heavy (non-hydrogen) atoms. The molecule has 0 saturated heterocycles. The number of nitrogens with two attached hydrogens (primary N) is 1. The zero-order valence-corrected chi connectivity index (χ0v) is 9.91. The first-order valence-corrected chi connectivity index (χ1v) is 5.64. The van der Waals surface area contributed by atoms with Crippen LogP contribution in [0.15, 0.2) is 26.9 Å². The summed E-state index contributed by atoms with van der Waals surface area (Å²) in [5.41, 5.74) is 7.61. The maximum Gasteiger partial charge on any atom is 0.282 e. The molecule has 0 aliphatic rings. The average molecular weight is 236 g/mol. The number of hydrogen-bond donors (Lipinski definition) is 1. The molecule has 2 N–H and O–H groups in total. The molecule has 0 atom stereocenters. The molecular weight excluding hydrogens is 224 g/mol. The summed E-state index contributed by atoms with van der Waals surface area (Å²) in [5.74, 6) is 0.554. The number of nitrogens with zero attached hydrogens (tertiary/aromatic N) is 3. The number of aromatic nitrogens is 3. The molecule has 0 aliphatic heterocycles. The van der Waals surface area contributed by atoms with E-state index in [1.807, 2.05) is 13.0 Å². The second kappa shape index (κ2) is 4.63. The van der Waals surface area contributed by atoms with E-state index in [0.717, 1.165) is 16.2 Å². The lowest BCUT2D eigenvalue weighted by atomic mass is 10.2. The first-order valence-electron chi connectivity index (χ1n) is 4.82. The lowest BCUT2D eigenvalue weighted by Gasteiger charge is -2.03. The van der Waals surface area contributed by atoms with E-state index in [9.17, 15) is 0 Å². The molecule has 5 nitrogen and oxygen atoms in total. The van der Waals surface area contributed by atoms with Crippen LogP contribution in [0.1, 0.15) is 17.0 Å². The highest BCUT2D eigenvalue weighted by molar-refractivity contribution is 7.99. The van der Waals surface area contributed by atoms with Gasteiger partial charge in [-0.3, -0.25) is 0 Å². The molecule has 2 aromatic heterocycles. The summed E-state index contributed by atoms with van der Waals surface area (Å²) < 4.78 is 5.28. The maximum absolute atomic E-state index is 5.54. The minimum absolute atomic E-state index is 0.498. The van der Waals surface area contributed by atoms with Crippen LogP contribution in [0.5, 0.6) is 0 Å². The quantitative estimate of drug-likeness (QED) is 0.873. The highest BCUT2D eigenvalue weighted by Gasteiger charge is 2.08. The van der Waals surface area contributed by atoms with Crippen molar-refractivity contribution in [1.82, 2.24) is 15.2 Å². The minimum atomic E-state index is 0.498. The molecule has 84 valence electrons. The molecule has 0 radical (unpaired) electrons. The zero-order valence-electron chi connectivity index (χ0n) is 9.10. The lowest BCUT2D eigenvalue weighted by molar-refractivity contribution is 0.429. The van der Waals surface area contributed by atoms with Crippen molar-refractivity contribution in [1.29, 1.82) is 0 Å².